The van der Waals surface area contributed by atoms with Crippen LogP contribution >= 0.6 is 15.9 Å². The number of aromatic nitrogens is 2. The summed E-state index contributed by atoms with van der Waals surface area (Å²) in [5, 5.41) is 13.8. The van der Waals surface area contributed by atoms with Gasteiger partial charge in [-0.15, -0.1) is 0 Å². The number of rotatable bonds is 3. The van der Waals surface area contributed by atoms with E-state index in [4.69, 9.17) is 0 Å². The molecular formula is C10H17BrN2O. The first kappa shape index (κ1) is 11.7. The number of aliphatic hydroxyl groups is 1. The van der Waals surface area contributed by atoms with Gasteiger partial charge in [0.05, 0.1) is 22.5 Å². The largest absolute Gasteiger partial charge is 0.393 e. The predicted molar refractivity (Wildman–Crippen MR) is 60.4 cm³/mol. The minimum absolute atomic E-state index is 0.0919. The Balaban J connectivity index is 3.10. The van der Waals surface area contributed by atoms with Gasteiger partial charge in [-0.25, -0.2) is 0 Å². The Kier molecular flexibility index (Phi) is 3.72. The summed E-state index contributed by atoms with van der Waals surface area (Å²) in [5.74, 6) is 0.0919. The van der Waals surface area contributed by atoms with Gasteiger partial charge in [0.2, 0.25) is 0 Å². The number of halogens is 1. The van der Waals surface area contributed by atoms with Crippen LogP contribution in [0.15, 0.2) is 10.7 Å². The highest BCUT2D eigenvalue weighted by molar-refractivity contribution is 9.10. The molecule has 2 atom stereocenters. The van der Waals surface area contributed by atoms with E-state index in [1.54, 1.807) is 13.1 Å². The summed E-state index contributed by atoms with van der Waals surface area (Å²) >= 11 is 3.46. The first-order valence-electron chi connectivity index (χ1n) is 4.86. The lowest BCUT2D eigenvalue weighted by Crippen LogP contribution is -2.17. The van der Waals surface area contributed by atoms with Gasteiger partial charge in [0.15, 0.2) is 0 Å². The fourth-order valence-corrected chi connectivity index (χ4v) is 2.05. The van der Waals surface area contributed by atoms with Gasteiger partial charge in [-0.05, 0) is 36.7 Å². The molecule has 1 heterocycles. The molecule has 0 aliphatic rings. The van der Waals surface area contributed by atoms with Gasteiger partial charge >= 0.3 is 0 Å². The highest BCUT2D eigenvalue weighted by Crippen LogP contribution is 2.28. The van der Waals surface area contributed by atoms with Crippen molar-refractivity contribution in [1.82, 2.24) is 9.78 Å². The predicted octanol–water partition coefficient (Wildman–Crippen LogP) is 2.71. The zero-order valence-electron chi connectivity index (χ0n) is 9.03. The summed E-state index contributed by atoms with van der Waals surface area (Å²) in [5.41, 5.74) is 1.06. The molecule has 3 nitrogen and oxygen atoms in total. The van der Waals surface area contributed by atoms with Gasteiger partial charge in [-0.1, -0.05) is 6.92 Å². The molecule has 0 radical (unpaired) electrons. The Morgan fingerprint density at radius 3 is 2.36 bits per heavy atom. The van der Waals surface area contributed by atoms with E-state index >= 15 is 0 Å². The summed E-state index contributed by atoms with van der Waals surface area (Å²) in [7, 11) is 0. The maximum absolute atomic E-state index is 9.56. The fraction of sp³-hybridized carbons (Fsp3) is 0.700. The second kappa shape index (κ2) is 4.45. The second-order valence-electron chi connectivity index (χ2n) is 3.95. The third-order valence-electron chi connectivity index (χ3n) is 2.43. The van der Waals surface area contributed by atoms with Crippen molar-refractivity contribution in [3.8, 4) is 0 Å². The van der Waals surface area contributed by atoms with Crippen LogP contribution in [0.3, 0.4) is 0 Å². The van der Waals surface area contributed by atoms with Crippen LogP contribution in [0.1, 0.15) is 45.3 Å². The molecule has 1 aromatic heterocycles. The Labute approximate surface area is 93.3 Å². The smallest absolute Gasteiger partial charge is 0.0635 e. The van der Waals surface area contributed by atoms with E-state index in [1.165, 1.54) is 0 Å². The maximum Gasteiger partial charge on any atom is 0.0635 e. The molecule has 0 fully saturated rings. The number of nitrogens with zero attached hydrogens (tertiary/aromatic N) is 2. The van der Waals surface area contributed by atoms with Crippen molar-refractivity contribution in [3.63, 3.8) is 0 Å². The molecule has 14 heavy (non-hydrogen) atoms. The van der Waals surface area contributed by atoms with E-state index < -0.39 is 0 Å². The molecule has 0 aromatic carbocycles. The van der Waals surface area contributed by atoms with Gasteiger partial charge in [-0.2, -0.15) is 5.10 Å². The summed E-state index contributed by atoms with van der Waals surface area (Å²) in [6, 6.07) is 0.317. The molecule has 80 valence electrons. The standard InChI is InChI=1S/C10H17BrN2O/c1-6(2)13-10(7(3)8(4)14)9(11)5-12-13/h5-8,14H,1-4H3. The third-order valence-corrected chi connectivity index (χ3v) is 3.04. The lowest BCUT2D eigenvalue weighted by atomic mass is 10.0. The van der Waals surface area contributed by atoms with E-state index in [-0.39, 0.29) is 12.0 Å². The molecule has 1 N–H and O–H groups in total. The molecule has 1 aromatic rings. The molecule has 2 unspecified atom stereocenters. The van der Waals surface area contributed by atoms with Crippen molar-refractivity contribution >= 4 is 15.9 Å². The molecule has 0 spiro atoms. The minimum atomic E-state index is -0.361. The maximum atomic E-state index is 9.56. The van der Waals surface area contributed by atoms with Crippen molar-refractivity contribution in [1.29, 1.82) is 0 Å². The molecule has 0 aliphatic heterocycles. The lowest BCUT2D eigenvalue weighted by Gasteiger charge is -2.19. The van der Waals surface area contributed by atoms with Crippen LogP contribution < -0.4 is 0 Å². The zero-order valence-corrected chi connectivity index (χ0v) is 10.6. The van der Waals surface area contributed by atoms with Gasteiger partial charge in [0.25, 0.3) is 0 Å². The molecule has 0 saturated heterocycles. The molecule has 1 rings (SSSR count). The van der Waals surface area contributed by atoms with Crippen LogP contribution in [0.4, 0.5) is 0 Å². The first-order chi connectivity index (χ1) is 6.45. The first-order valence-corrected chi connectivity index (χ1v) is 5.65. The average molecular weight is 261 g/mol. The van der Waals surface area contributed by atoms with Crippen LogP contribution in [0.2, 0.25) is 0 Å². The highest BCUT2D eigenvalue weighted by atomic mass is 79.9. The fourth-order valence-electron chi connectivity index (χ4n) is 1.42. The van der Waals surface area contributed by atoms with Gasteiger partial charge in [0, 0.05) is 12.0 Å². The Morgan fingerprint density at radius 1 is 1.36 bits per heavy atom. The van der Waals surface area contributed by atoms with E-state index in [9.17, 15) is 5.11 Å². The summed E-state index contributed by atoms with van der Waals surface area (Å²) in [6.07, 6.45) is 1.43. The van der Waals surface area contributed by atoms with Crippen molar-refractivity contribution in [2.45, 2.75) is 45.8 Å². The van der Waals surface area contributed by atoms with Crippen LogP contribution in [0.25, 0.3) is 0 Å². The van der Waals surface area contributed by atoms with Crippen LogP contribution in [-0.2, 0) is 0 Å². The number of aliphatic hydroxyl groups excluding tert-OH is 1. The third kappa shape index (κ3) is 2.17. The van der Waals surface area contributed by atoms with E-state index in [0.717, 1.165) is 10.2 Å². The SMILES string of the molecule is CC(O)C(C)c1c(Br)cnn1C(C)C. The quantitative estimate of drug-likeness (QED) is 0.908. The zero-order chi connectivity index (χ0) is 10.9. The minimum Gasteiger partial charge on any atom is -0.393 e. The second-order valence-corrected chi connectivity index (χ2v) is 4.80. The summed E-state index contributed by atoms with van der Waals surface area (Å²) in [4.78, 5) is 0. The molecule has 4 heteroatoms. The van der Waals surface area contributed by atoms with Crippen molar-refractivity contribution in [3.05, 3.63) is 16.4 Å². The van der Waals surface area contributed by atoms with Crippen molar-refractivity contribution < 1.29 is 5.11 Å². The number of hydrogen-bond donors (Lipinski definition) is 1. The number of hydrogen-bond acceptors (Lipinski definition) is 2. The molecule has 0 saturated carbocycles. The normalized spacial score (nSPS) is 15.9. The van der Waals surface area contributed by atoms with Crippen molar-refractivity contribution in [2.24, 2.45) is 0 Å². The van der Waals surface area contributed by atoms with Crippen LogP contribution in [0.5, 0.6) is 0 Å². The van der Waals surface area contributed by atoms with E-state index in [0.29, 0.717) is 6.04 Å². The Bertz CT molecular complexity index is 307. The van der Waals surface area contributed by atoms with Gasteiger partial charge in [0.1, 0.15) is 0 Å². The Hall–Kier alpha value is -0.350. The highest BCUT2D eigenvalue weighted by Gasteiger charge is 2.20. The van der Waals surface area contributed by atoms with E-state index in [2.05, 4.69) is 34.9 Å². The summed E-state index contributed by atoms with van der Waals surface area (Å²) < 4.78 is 2.92. The molecular weight excluding hydrogens is 244 g/mol. The lowest BCUT2D eigenvalue weighted by molar-refractivity contribution is 0.164. The van der Waals surface area contributed by atoms with Crippen molar-refractivity contribution in [2.75, 3.05) is 0 Å². The van der Waals surface area contributed by atoms with E-state index in [1.807, 2.05) is 11.6 Å². The Morgan fingerprint density at radius 2 is 1.93 bits per heavy atom. The molecule has 0 bridgehead atoms. The van der Waals surface area contributed by atoms with Crippen LogP contribution in [-0.4, -0.2) is 21.0 Å². The average Bonchev–Trinajstić information content (AvgIpc) is 2.45. The molecule has 0 amide bonds. The monoisotopic (exact) mass is 260 g/mol. The van der Waals surface area contributed by atoms with Gasteiger partial charge in [-0.3, -0.25) is 4.68 Å². The van der Waals surface area contributed by atoms with Crippen LogP contribution in [0, 0.1) is 0 Å². The van der Waals surface area contributed by atoms with Gasteiger partial charge < -0.3 is 5.11 Å². The summed E-state index contributed by atoms with van der Waals surface area (Å²) in [6.45, 7) is 7.97. The molecule has 0 aliphatic carbocycles. The topological polar surface area (TPSA) is 38.1 Å².